The van der Waals surface area contributed by atoms with Crippen LogP contribution in [0.3, 0.4) is 0 Å². The van der Waals surface area contributed by atoms with E-state index in [2.05, 4.69) is 9.84 Å². The lowest BCUT2D eigenvalue weighted by atomic mass is 10.1. The molecule has 0 spiro atoms. The molecule has 0 aliphatic rings. The van der Waals surface area contributed by atoms with E-state index in [0.717, 1.165) is 30.1 Å². The predicted octanol–water partition coefficient (Wildman–Crippen LogP) is 2.88. The van der Waals surface area contributed by atoms with Crippen molar-refractivity contribution in [3.05, 3.63) is 53.1 Å². The quantitative estimate of drug-likeness (QED) is 0.647. The largest absolute Gasteiger partial charge is 0.465 e. The van der Waals surface area contributed by atoms with Crippen LogP contribution >= 0.6 is 0 Å². The number of alkyl halides is 3. The van der Waals surface area contributed by atoms with Gasteiger partial charge in [-0.05, 0) is 23.8 Å². The number of methoxy groups -OCH3 is 1. The summed E-state index contributed by atoms with van der Waals surface area (Å²) in [6, 6.07) is 4.52. The van der Waals surface area contributed by atoms with Gasteiger partial charge in [-0.1, -0.05) is 6.07 Å². The molecule has 0 saturated heterocycles. The Hall–Kier alpha value is -2.38. The minimum atomic E-state index is -4.52. The van der Waals surface area contributed by atoms with Gasteiger partial charge in [0.05, 0.1) is 19.2 Å². The fourth-order valence-corrected chi connectivity index (χ4v) is 1.72. The number of halogens is 4. The number of ether oxygens (including phenoxy) is 1. The molecule has 0 fully saturated rings. The number of benzene rings is 1. The molecule has 0 aliphatic heterocycles. The van der Waals surface area contributed by atoms with Crippen molar-refractivity contribution in [1.29, 1.82) is 0 Å². The topological polar surface area (TPSA) is 44.1 Å². The highest BCUT2D eigenvalue weighted by Gasteiger charge is 2.33. The number of hydrogen-bond donors (Lipinski definition) is 0. The van der Waals surface area contributed by atoms with Gasteiger partial charge in [0.15, 0.2) is 5.69 Å². The summed E-state index contributed by atoms with van der Waals surface area (Å²) in [6.07, 6.45) is -3.37. The maximum absolute atomic E-state index is 13.7. The van der Waals surface area contributed by atoms with Crippen LogP contribution in [0, 0.1) is 5.82 Å². The summed E-state index contributed by atoms with van der Waals surface area (Å²) in [5.74, 6) is -1.62. The zero-order valence-electron chi connectivity index (χ0n) is 10.8. The lowest BCUT2D eigenvalue weighted by molar-refractivity contribution is -0.141. The van der Waals surface area contributed by atoms with E-state index in [4.69, 9.17) is 0 Å². The number of rotatable bonds is 3. The summed E-state index contributed by atoms with van der Waals surface area (Å²) in [4.78, 5) is 11.2. The Morgan fingerprint density at radius 3 is 2.57 bits per heavy atom. The maximum Gasteiger partial charge on any atom is 0.435 e. The molecule has 0 radical (unpaired) electrons. The fraction of sp³-hybridized carbons (Fsp3) is 0.231. The predicted molar refractivity (Wildman–Crippen MR) is 64.1 cm³/mol. The molecule has 112 valence electrons. The van der Waals surface area contributed by atoms with Crippen LogP contribution in [0.4, 0.5) is 17.6 Å². The van der Waals surface area contributed by atoms with Gasteiger partial charge in [-0.3, -0.25) is 4.68 Å². The Morgan fingerprint density at radius 1 is 1.33 bits per heavy atom. The van der Waals surface area contributed by atoms with E-state index in [0.29, 0.717) is 5.56 Å². The first-order valence-corrected chi connectivity index (χ1v) is 5.78. The standard InChI is InChI=1S/C13H10F4N2O2/c1-21-12(20)9-3-2-8(6-10(9)14)7-19-5-4-11(18-19)13(15,16)17/h2-6H,7H2,1H3. The SMILES string of the molecule is COC(=O)c1ccc(Cn2ccc(C(F)(F)F)n2)cc1F. The molecule has 0 saturated carbocycles. The Morgan fingerprint density at radius 2 is 2.05 bits per heavy atom. The van der Waals surface area contributed by atoms with Crippen LogP contribution < -0.4 is 0 Å². The first-order chi connectivity index (χ1) is 9.81. The maximum atomic E-state index is 13.7. The highest BCUT2D eigenvalue weighted by atomic mass is 19.4. The molecule has 1 heterocycles. The lowest BCUT2D eigenvalue weighted by Crippen LogP contribution is -2.09. The van der Waals surface area contributed by atoms with Crippen LogP contribution in [0.1, 0.15) is 21.6 Å². The summed E-state index contributed by atoms with van der Waals surface area (Å²) >= 11 is 0. The van der Waals surface area contributed by atoms with Crippen molar-refractivity contribution >= 4 is 5.97 Å². The minimum Gasteiger partial charge on any atom is -0.465 e. The van der Waals surface area contributed by atoms with E-state index >= 15 is 0 Å². The van der Waals surface area contributed by atoms with Gasteiger partial charge < -0.3 is 4.74 Å². The average Bonchev–Trinajstić information content (AvgIpc) is 2.86. The average molecular weight is 302 g/mol. The molecule has 4 nitrogen and oxygen atoms in total. The van der Waals surface area contributed by atoms with Crippen molar-refractivity contribution in [3.63, 3.8) is 0 Å². The lowest BCUT2D eigenvalue weighted by Gasteiger charge is -2.06. The molecule has 1 aromatic heterocycles. The number of hydrogen-bond acceptors (Lipinski definition) is 3. The van der Waals surface area contributed by atoms with Crippen molar-refractivity contribution < 1.29 is 27.1 Å². The van der Waals surface area contributed by atoms with E-state index in [1.165, 1.54) is 12.1 Å². The zero-order chi connectivity index (χ0) is 15.6. The van der Waals surface area contributed by atoms with Gasteiger partial charge in [0.2, 0.25) is 0 Å². The molecule has 0 atom stereocenters. The molecule has 21 heavy (non-hydrogen) atoms. The van der Waals surface area contributed by atoms with E-state index in [9.17, 15) is 22.4 Å². The minimum absolute atomic E-state index is 0.0472. The zero-order valence-corrected chi connectivity index (χ0v) is 10.8. The molecule has 0 amide bonds. The number of carbonyl (C=O) groups is 1. The summed E-state index contributed by atoms with van der Waals surface area (Å²) < 4.78 is 56.3. The third kappa shape index (κ3) is 3.39. The number of aromatic nitrogens is 2. The molecule has 0 aliphatic carbocycles. The van der Waals surface area contributed by atoms with Crippen molar-refractivity contribution in [3.8, 4) is 0 Å². The number of esters is 1. The second-order valence-electron chi connectivity index (χ2n) is 4.20. The number of carbonyl (C=O) groups excluding carboxylic acids is 1. The molecule has 2 aromatic rings. The highest BCUT2D eigenvalue weighted by molar-refractivity contribution is 5.89. The third-order valence-corrected chi connectivity index (χ3v) is 2.71. The summed E-state index contributed by atoms with van der Waals surface area (Å²) in [6.45, 7) is -0.0472. The van der Waals surface area contributed by atoms with Gasteiger partial charge in [0, 0.05) is 6.20 Å². The van der Waals surface area contributed by atoms with E-state index in [-0.39, 0.29) is 12.1 Å². The fourth-order valence-electron chi connectivity index (χ4n) is 1.72. The van der Waals surface area contributed by atoms with Gasteiger partial charge in [-0.2, -0.15) is 18.3 Å². The number of nitrogens with zero attached hydrogens (tertiary/aromatic N) is 2. The van der Waals surface area contributed by atoms with Crippen LogP contribution in [0.15, 0.2) is 30.5 Å². The van der Waals surface area contributed by atoms with Crippen LogP contribution in [-0.4, -0.2) is 22.9 Å². The van der Waals surface area contributed by atoms with Crippen LogP contribution in [0.5, 0.6) is 0 Å². The molecular weight excluding hydrogens is 292 g/mol. The molecule has 0 unspecified atom stereocenters. The van der Waals surface area contributed by atoms with E-state index in [1.54, 1.807) is 0 Å². The van der Waals surface area contributed by atoms with Gasteiger partial charge in [0.25, 0.3) is 0 Å². The molecule has 1 aromatic carbocycles. The monoisotopic (exact) mass is 302 g/mol. The van der Waals surface area contributed by atoms with E-state index < -0.39 is 23.7 Å². The smallest absolute Gasteiger partial charge is 0.435 e. The van der Waals surface area contributed by atoms with Gasteiger partial charge in [-0.25, -0.2) is 9.18 Å². The Balaban J connectivity index is 2.19. The first kappa shape index (κ1) is 15.0. The van der Waals surface area contributed by atoms with Gasteiger partial charge in [0.1, 0.15) is 5.82 Å². The van der Waals surface area contributed by atoms with Crippen LogP contribution in [0.25, 0.3) is 0 Å². The van der Waals surface area contributed by atoms with Crippen LogP contribution in [-0.2, 0) is 17.5 Å². The van der Waals surface area contributed by atoms with E-state index in [1.807, 2.05) is 0 Å². The van der Waals surface area contributed by atoms with Gasteiger partial charge in [-0.15, -0.1) is 0 Å². The van der Waals surface area contributed by atoms with Crippen molar-refractivity contribution in [1.82, 2.24) is 9.78 Å². The van der Waals surface area contributed by atoms with Crippen molar-refractivity contribution in [2.75, 3.05) is 7.11 Å². The third-order valence-electron chi connectivity index (χ3n) is 2.71. The Labute approximate surface area is 116 Å². The first-order valence-electron chi connectivity index (χ1n) is 5.78. The Bertz CT molecular complexity index is 664. The molecule has 8 heteroatoms. The van der Waals surface area contributed by atoms with Gasteiger partial charge >= 0.3 is 12.1 Å². The Kier molecular flexibility index (Phi) is 3.97. The molecule has 2 rings (SSSR count). The van der Waals surface area contributed by atoms with Crippen LogP contribution in [0.2, 0.25) is 0 Å². The molecular formula is C13H10F4N2O2. The highest BCUT2D eigenvalue weighted by Crippen LogP contribution is 2.27. The summed E-state index contributed by atoms with van der Waals surface area (Å²) in [7, 11) is 1.12. The normalized spacial score (nSPS) is 11.5. The van der Waals surface area contributed by atoms with Crippen molar-refractivity contribution in [2.24, 2.45) is 0 Å². The van der Waals surface area contributed by atoms with Crippen molar-refractivity contribution in [2.45, 2.75) is 12.7 Å². The molecule has 0 bridgehead atoms. The second kappa shape index (κ2) is 5.55. The second-order valence-corrected chi connectivity index (χ2v) is 4.20. The summed E-state index contributed by atoms with van der Waals surface area (Å²) in [5, 5.41) is 3.36. The molecule has 0 N–H and O–H groups in total. The summed E-state index contributed by atoms with van der Waals surface area (Å²) in [5.41, 5.74) is -0.885.